The standard InChI is InChI=1S/C17H18N2O4S/c1-9-7-12(11(3)23-9)17(4)15(21)19(16(22)18-17)8-13(20)14-6-5-10(2)24-14/h5-7H,8H2,1-4H3,(H,18,22)/t17-/m1/s1. The number of amides is 3. The number of aryl methyl sites for hydroxylation is 3. The summed E-state index contributed by atoms with van der Waals surface area (Å²) in [5.74, 6) is 0.541. The van der Waals surface area contributed by atoms with E-state index >= 15 is 0 Å². The molecule has 3 heterocycles. The van der Waals surface area contributed by atoms with Gasteiger partial charge in [0.2, 0.25) is 0 Å². The number of thiophene rings is 1. The number of rotatable bonds is 4. The molecular weight excluding hydrogens is 328 g/mol. The highest BCUT2D eigenvalue weighted by Gasteiger charge is 2.51. The molecule has 1 aliphatic heterocycles. The molecule has 0 saturated carbocycles. The van der Waals surface area contributed by atoms with Gasteiger partial charge in [0, 0.05) is 10.4 Å². The second kappa shape index (κ2) is 5.59. The van der Waals surface area contributed by atoms with Crippen molar-refractivity contribution in [1.82, 2.24) is 10.2 Å². The highest BCUT2D eigenvalue weighted by molar-refractivity contribution is 7.14. The Balaban J connectivity index is 1.86. The van der Waals surface area contributed by atoms with E-state index in [4.69, 9.17) is 4.42 Å². The van der Waals surface area contributed by atoms with E-state index in [1.807, 2.05) is 13.0 Å². The maximum atomic E-state index is 12.8. The van der Waals surface area contributed by atoms with Crippen molar-refractivity contribution < 1.29 is 18.8 Å². The molecule has 0 unspecified atom stereocenters. The average Bonchev–Trinajstić information content (AvgIpc) is 3.13. The fourth-order valence-electron chi connectivity index (χ4n) is 2.96. The van der Waals surface area contributed by atoms with Gasteiger partial charge in [0.05, 0.1) is 11.4 Å². The highest BCUT2D eigenvalue weighted by Crippen LogP contribution is 2.33. The van der Waals surface area contributed by atoms with Gasteiger partial charge in [-0.25, -0.2) is 4.79 Å². The number of imide groups is 1. The van der Waals surface area contributed by atoms with Gasteiger partial charge in [-0.3, -0.25) is 14.5 Å². The first-order valence-corrected chi connectivity index (χ1v) is 8.35. The Labute approximate surface area is 143 Å². The van der Waals surface area contributed by atoms with Crippen LogP contribution in [0.4, 0.5) is 4.79 Å². The van der Waals surface area contributed by atoms with Crippen molar-refractivity contribution in [3.8, 4) is 0 Å². The first-order chi connectivity index (χ1) is 11.2. The van der Waals surface area contributed by atoms with Crippen molar-refractivity contribution in [1.29, 1.82) is 0 Å². The number of carbonyl (C=O) groups is 3. The number of nitrogens with zero attached hydrogens (tertiary/aromatic N) is 1. The van der Waals surface area contributed by atoms with Crippen LogP contribution >= 0.6 is 11.3 Å². The van der Waals surface area contributed by atoms with Crippen LogP contribution in [-0.2, 0) is 10.3 Å². The number of urea groups is 1. The summed E-state index contributed by atoms with van der Waals surface area (Å²) in [6.45, 7) is 6.79. The van der Waals surface area contributed by atoms with Crippen LogP contribution < -0.4 is 5.32 Å². The van der Waals surface area contributed by atoms with Gasteiger partial charge in [0.15, 0.2) is 5.78 Å². The Morgan fingerprint density at radius 2 is 2.00 bits per heavy atom. The molecule has 0 radical (unpaired) electrons. The van der Waals surface area contributed by atoms with E-state index < -0.39 is 17.5 Å². The van der Waals surface area contributed by atoms with Crippen molar-refractivity contribution >= 4 is 29.1 Å². The van der Waals surface area contributed by atoms with E-state index in [0.717, 1.165) is 9.78 Å². The third-order valence-corrected chi connectivity index (χ3v) is 5.21. The Hall–Kier alpha value is -2.41. The van der Waals surface area contributed by atoms with Crippen molar-refractivity contribution in [2.24, 2.45) is 0 Å². The Morgan fingerprint density at radius 3 is 2.54 bits per heavy atom. The highest BCUT2D eigenvalue weighted by atomic mass is 32.1. The van der Waals surface area contributed by atoms with Crippen LogP contribution in [0.25, 0.3) is 0 Å². The maximum Gasteiger partial charge on any atom is 0.325 e. The molecule has 3 amide bonds. The van der Waals surface area contributed by atoms with Gasteiger partial charge in [-0.1, -0.05) is 0 Å². The third kappa shape index (κ3) is 2.54. The van der Waals surface area contributed by atoms with E-state index in [1.165, 1.54) is 11.3 Å². The molecule has 6 nitrogen and oxygen atoms in total. The molecule has 0 aromatic carbocycles. The van der Waals surface area contributed by atoms with Crippen molar-refractivity contribution in [3.05, 3.63) is 45.0 Å². The van der Waals surface area contributed by atoms with Gasteiger partial charge < -0.3 is 9.73 Å². The second-order valence-electron chi connectivity index (χ2n) is 6.11. The van der Waals surface area contributed by atoms with Gasteiger partial charge in [0.1, 0.15) is 17.1 Å². The summed E-state index contributed by atoms with van der Waals surface area (Å²) in [6.07, 6.45) is 0. The largest absolute Gasteiger partial charge is 0.466 e. The normalized spacial score (nSPS) is 20.6. The summed E-state index contributed by atoms with van der Waals surface area (Å²) in [7, 11) is 0. The number of ketones is 1. The van der Waals surface area contributed by atoms with E-state index in [9.17, 15) is 14.4 Å². The number of hydrogen-bond acceptors (Lipinski definition) is 5. The lowest BCUT2D eigenvalue weighted by Gasteiger charge is -2.20. The zero-order valence-corrected chi connectivity index (χ0v) is 14.7. The van der Waals surface area contributed by atoms with Crippen LogP contribution in [0.2, 0.25) is 0 Å². The topological polar surface area (TPSA) is 79.6 Å². The molecule has 1 N–H and O–H groups in total. The van der Waals surface area contributed by atoms with Crippen LogP contribution in [0.1, 0.15) is 38.6 Å². The van der Waals surface area contributed by atoms with Crippen LogP contribution in [0.5, 0.6) is 0 Å². The summed E-state index contributed by atoms with van der Waals surface area (Å²) in [6, 6.07) is 4.72. The van der Waals surface area contributed by atoms with Gasteiger partial charge in [-0.2, -0.15) is 0 Å². The molecule has 0 spiro atoms. The smallest absolute Gasteiger partial charge is 0.325 e. The maximum absolute atomic E-state index is 12.8. The van der Waals surface area contributed by atoms with Gasteiger partial charge >= 0.3 is 6.03 Å². The van der Waals surface area contributed by atoms with Crippen LogP contribution in [0, 0.1) is 20.8 Å². The lowest BCUT2D eigenvalue weighted by Crippen LogP contribution is -2.41. The lowest BCUT2D eigenvalue weighted by atomic mass is 9.92. The van der Waals surface area contributed by atoms with Crippen LogP contribution in [0.15, 0.2) is 22.6 Å². The second-order valence-corrected chi connectivity index (χ2v) is 7.39. The van der Waals surface area contributed by atoms with Crippen molar-refractivity contribution in [2.75, 3.05) is 6.54 Å². The fourth-order valence-corrected chi connectivity index (χ4v) is 3.75. The molecule has 1 fully saturated rings. The number of hydrogen-bond donors (Lipinski definition) is 1. The minimum atomic E-state index is -1.22. The predicted octanol–water partition coefficient (Wildman–Crippen LogP) is 2.92. The molecule has 0 bridgehead atoms. The molecule has 1 atom stereocenters. The number of nitrogens with one attached hydrogen (secondary N) is 1. The molecule has 7 heteroatoms. The third-order valence-electron chi connectivity index (χ3n) is 4.17. The Kier molecular flexibility index (Phi) is 3.83. The monoisotopic (exact) mass is 346 g/mol. The van der Waals surface area contributed by atoms with E-state index in [1.54, 1.807) is 32.9 Å². The van der Waals surface area contributed by atoms with Crippen molar-refractivity contribution in [2.45, 2.75) is 33.2 Å². The van der Waals surface area contributed by atoms with Gasteiger partial charge in [0.25, 0.3) is 5.91 Å². The fraction of sp³-hybridized carbons (Fsp3) is 0.353. The SMILES string of the molecule is Cc1cc([C@@]2(C)NC(=O)N(CC(=O)c3ccc(C)s3)C2=O)c(C)o1. The summed E-state index contributed by atoms with van der Waals surface area (Å²) < 4.78 is 5.48. The van der Waals surface area contributed by atoms with Gasteiger partial charge in [-0.15, -0.1) is 11.3 Å². The summed E-state index contributed by atoms with van der Waals surface area (Å²) in [5, 5.41) is 2.69. The van der Waals surface area contributed by atoms with E-state index in [2.05, 4.69) is 5.32 Å². The predicted molar refractivity (Wildman–Crippen MR) is 89.2 cm³/mol. The van der Waals surface area contributed by atoms with Crippen LogP contribution in [-0.4, -0.2) is 29.2 Å². The summed E-state index contributed by atoms with van der Waals surface area (Å²) in [4.78, 5) is 40.0. The van der Waals surface area contributed by atoms with Crippen LogP contribution in [0.3, 0.4) is 0 Å². The van der Waals surface area contributed by atoms with Crippen molar-refractivity contribution in [3.63, 3.8) is 0 Å². The quantitative estimate of drug-likeness (QED) is 0.682. The molecule has 2 aromatic heterocycles. The molecule has 2 aromatic rings. The summed E-state index contributed by atoms with van der Waals surface area (Å²) in [5.41, 5.74) is -0.606. The zero-order chi connectivity index (χ0) is 17.6. The number of furan rings is 1. The number of Topliss-reactive ketones (excluding diaryl/α,β-unsaturated/α-hetero) is 1. The Bertz CT molecular complexity index is 851. The zero-order valence-electron chi connectivity index (χ0n) is 13.9. The molecule has 3 rings (SSSR count). The molecule has 24 heavy (non-hydrogen) atoms. The lowest BCUT2D eigenvalue weighted by molar-refractivity contribution is -0.130. The molecule has 1 aliphatic rings. The van der Waals surface area contributed by atoms with E-state index in [-0.39, 0.29) is 12.3 Å². The average molecular weight is 346 g/mol. The minimum Gasteiger partial charge on any atom is -0.466 e. The molecule has 0 aliphatic carbocycles. The number of carbonyl (C=O) groups excluding carboxylic acids is 3. The van der Waals surface area contributed by atoms with E-state index in [0.29, 0.717) is 22.0 Å². The Morgan fingerprint density at radius 1 is 1.29 bits per heavy atom. The summed E-state index contributed by atoms with van der Waals surface area (Å²) >= 11 is 1.35. The first kappa shape index (κ1) is 16.4. The first-order valence-electron chi connectivity index (χ1n) is 7.53. The molecular formula is C17H18N2O4S. The van der Waals surface area contributed by atoms with Gasteiger partial charge in [-0.05, 0) is 45.9 Å². The molecule has 126 valence electrons. The molecule has 1 saturated heterocycles. The minimum absolute atomic E-state index is 0.249.